The molecule has 7 heteroatoms. The van der Waals surface area contributed by atoms with Crippen molar-refractivity contribution in [1.82, 2.24) is 14.9 Å². The van der Waals surface area contributed by atoms with Gasteiger partial charge in [-0.2, -0.15) is 0 Å². The molecule has 0 atom stereocenters. The van der Waals surface area contributed by atoms with Gasteiger partial charge in [0, 0.05) is 44.3 Å². The summed E-state index contributed by atoms with van der Waals surface area (Å²) in [6, 6.07) is 12.5. The first-order chi connectivity index (χ1) is 14.2. The Morgan fingerprint density at radius 1 is 1.07 bits per heavy atom. The molecule has 1 aromatic heterocycles. The summed E-state index contributed by atoms with van der Waals surface area (Å²) in [5.41, 5.74) is 3.19. The Bertz CT molecular complexity index is 950. The van der Waals surface area contributed by atoms with Crippen molar-refractivity contribution in [2.75, 3.05) is 23.3 Å². The maximum absolute atomic E-state index is 14.4. The number of nitrogens with one attached hydrogen (secondary N) is 2. The highest BCUT2D eigenvalue weighted by molar-refractivity contribution is 5.89. The van der Waals surface area contributed by atoms with Crippen LogP contribution in [-0.2, 0) is 13.1 Å². The number of hydrogen-bond acceptors (Lipinski definition) is 3. The molecule has 3 aromatic rings. The summed E-state index contributed by atoms with van der Waals surface area (Å²) in [6.45, 7) is 2.91. The second-order valence-electron chi connectivity index (χ2n) is 7.22. The highest BCUT2D eigenvalue weighted by Crippen LogP contribution is 2.26. The quantitative estimate of drug-likeness (QED) is 0.666. The van der Waals surface area contributed by atoms with Crippen molar-refractivity contribution in [3.05, 3.63) is 78.1 Å². The summed E-state index contributed by atoms with van der Waals surface area (Å²) in [5.74, 6) is -0.307. The van der Waals surface area contributed by atoms with Crippen molar-refractivity contribution >= 4 is 17.4 Å². The van der Waals surface area contributed by atoms with Crippen LogP contribution < -0.4 is 15.5 Å². The molecular formula is C22H24FN5O. The van der Waals surface area contributed by atoms with Crippen molar-refractivity contribution in [1.29, 1.82) is 0 Å². The molecule has 29 heavy (non-hydrogen) atoms. The van der Waals surface area contributed by atoms with Gasteiger partial charge in [0.2, 0.25) is 0 Å². The number of amides is 2. The number of aromatic nitrogens is 2. The average molecular weight is 393 g/mol. The molecule has 0 aliphatic carbocycles. The predicted octanol–water partition coefficient (Wildman–Crippen LogP) is 3.99. The van der Waals surface area contributed by atoms with Gasteiger partial charge in [0.25, 0.3) is 0 Å². The highest BCUT2D eigenvalue weighted by Gasteiger charge is 2.16. The van der Waals surface area contributed by atoms with Crippen molar-refractivity contribution < 1.29 is 9.18 Å². The van der Waals surface area contributed by atoms with E-state index in [9.17, 15) is 9.18 Å². The zero-order valence-corrected chi connectivity index (χ0v) is 16.1. The number of halogens is 1. The molecular weight excluding hydrogens is 369 g/mol. The molecule has 0 bridgehead atoms. The minimum absolute atomic E-state index is 0.307. The van der Waals surface area contributed by atoms with E-state index in [1.165, 1.54) is 6.07 Å². The number of carbonyl (C=O) groups is 1. The first kappa shape index (κ1) is 19.0. The Kier molecular flexibility index (Phi) is 5.74. The third-order valence-electron chi connectivity index (χ3n) is 5.05. The van der Waals surface area contributed by atoms with E-state index in [0.29, 0.717) is 17.9 Å². The minimum Gasteiger partial charge on any atom is -0.369 e. The summed E-state index contributed by atoms with van der Waals surface area (Å²) in [5, 5.41) is 5.50. The molecule has 2 heterocycles. The fourth-order valence-electron chi connectivity index (χ4n) is 3.51. The van der Waals surface area contributed by atoms with E-state index < -0.39 is 0 Å². The summed E-state index contributed by atoms with van der Waals surface area (Å²) < 4.78 is 16.4. The first-order valence-electron chi connectivity index (χ1n) is 9.80. The molecule has 1 saturated heterocycles. The Morgan fingerprint density at radius 3 is 2.52 bits per heavy atom. The molecule has 150 valence electrons. The number of anilines is 2. The van der Waals surface area contributed by atoms with Gasteiger partial charge in [0.15, 0.2) is 0 Å². The van der Waals surface area contributed by atoms with Gasteiger partial charge in [0.1, 0.15) is 5.82 Å². The molecule has 6 nitrogen and oxygen atoms in total. The summed E-state index contributed by atoms with van der Waals surface area (Å²) in [6.07, 6.45) is 7.63. The second-order valence-corrected chi connectivity index (χ2v) is 7.22. The van der Waals surface area contributed by atoms with Crippen LogP contribution in [0.4, 0.5) is 20.6 Å². The average Bonchev–Trinajstić information content (AvgIpc) is 3.42. The van der Waals surface area contributed by atoms with Crippen LogP contribution in [0.2, 0.25) is 0 Å². The molecule has 1 fully saturated rings. The molecule has 0 radical (unpaired) electrons. The summed E-state index contributed by atoms with van der Waals surface area (Å²) in [4.78, 5) is 18.2. The van der Waals surface area contributed by atoms with Gasteiger partial charge >= 0.3 is 6.03 Å². The Hall–Kier alpha value is -3.35. The number of rotatable bonds is 6. The monoisotopic (exact) mass is 393 g/mol. The molecule has 0 saturated carbocycles. The lowest BCUT2D eigenvalue weighted by Gasteiger charge is -2.19. The van der Waals surface area contributed by atoms with Gasteiger partial charge in [-0.3, -0.25) is 0 Å². The number of nitrogens with zero attached hydrogens (tertiary/aromatic N) is 3. The standard InChI is InChI=1S/C22H24FN5O/c23-20-13-19(7-8-21(20)28-10-1-2-11-28)26-22(29)25-14-17-3-5-18(6-4-17)15-27-12-9-24-16-27/h3-9,12-13,16H,1-2,10-11,14-15H2,(H2,25,26,29). The lowest BCUT2D eigenvalue weighted by Crippen LogP contribution is -2.28. The van der Waals surface area contributed by atoms with E-state index in [1.54, 1.807) is 24.7 Å². The normalized spacial score (nSPS) is 13.5. The van der Waals surface area contributed by atoms with Crippen LogP contribution in [0.25, 0.3) is 0 Å². The smallest absolute Gasteiger partial charge is 0.319 e. The van der Waals surface area contributed by atoms with Gasteiger partial charge < -0.3 is 20.1 Å². The molecule has 2 N–H and O–H groups in total. The van der Waals surface area contributed by atoms with Crippen molar-refractivity contribution in [2.45, 2.75) is 25.9 Å². The largest absolute Gasteiger partial charge is 0.369 e. The third kappa shape index (κ3) is 4.93. The zero-order chi connectivity index (χ0) is 20.1. The highest BCUT2D eigenvalue weighted by atomic mass is 19.1. The number of carbonyl (C=O) groups excluding carboxylic acids is 1. The van der Waals surface area contributed by atoms with E-state index in [-0.39, 0.29) is 11.8 Å². The van der Waals surface area contributed by atoms with Gasteiger partial charge in [-0.05, 0) is 42.2 Å². The van der Waals surface area contributed by atoms with Crippen LogP contribution in [-0.4, -0.2) is 28.7 Å². The molecule has 2 aromatic carbocycles. The Labute approximate surface area is 169 Å². The third-order valence-corrected chi connectivity index (χ3v) is 5.05. The predicted molar refractivity (Wildman–Crippen MR) is 111 cm³/mol. The van der Waals surface area contributed by atoms with Gasteiger partial charge in [-0.1, -0.05) is 24.3 Å². The number of imidazole rings is 1. The molecule has 2 amide bonds. The second kappa shape index (κ2) is 8.77. The lowest BCUT2D eigenvalue weighted by atomic mass is 10.1. The Morgan fingerprint density at radius 2 is 1.83 bits per heavy atom. The maximum atomic E-state index is 14.4. The maximum Gasteiger partial charge on any atom is 0.319 e. The van der Waals surface area contributed by atoms with E-state index >= 15 is 0 Å². The number of hydrogen-bond donors (Lipinski definition) is 2. The van der Waals surface area contributed by atoms with Gasteiger partial charge in [-0.25, -0.2) is 14.2 Å². The van der Waals surface area contributed by atoms with Crippen LogP contribution in [0.5, 0.6) is 0 Å². The van der Waals surface area contributed by atoms with Gasteiger partial charge in [0.05, 0.1) is 12.0 Å². The van der Waals surface area contributed by atoms with Crippen LogP contribution in [0.3, 0.4) is 0 Å². The SMILES string of the molecule is O=C(NCc1ccc(Cn2ccnc2)cc1)Nc1ccc(N2CCCC2)c(F)c1. The molecule has 1 aliphatic heterocycles. The van der Waals surface area contributed by atoms with Crippen molar-refractivity contribution in [3.8, 4) is 0 Å². The van der Waals surface area contributed by atoms with E-state index in [1.807, 2.05) is 39.9 Å². The van der Waals surface area contributed by atoms with E-state index in [2.05, 4.69) is 15.6 Å². The Balaban J connectivity index is 1.28. The molecule has 0 spiro atoms. The van der Waals surface area contributed by atoms with Crippen molar-refractivity contribution in [3.63, 3.8) is 0 Å². The molecule has 0 unspecified atom stereocenters. The molecule has 4 rings (SSSR count). The van der Waals surface area contributed by atoms with Crippen LogP contribution >= 0.6 is 0 Å². The summed E-state index contributed by atoms with van der Waals surface area (Å²) >= 11 is 0. The minimum atomic E-state index is -0.360. The zero-order valence-electron chi connectivity index (χ0n) is 16.1. The number of benzene rings is 2. The van der Waals surface area contributed by atoms with Crippen LogP contribution in [0.15, 0.2) is 61.2 Å². The van der Waals surface area contributed by atoms with Crippen LogP contribution in [0, 0.1) is 5.82 Å². The van der Waals surface area contributed by atoms with Gasteiger partial charge in [-0.15, -0.1) is 0 Å². The number of urea groups is 1. The van der Waals surface area contributed by atoms with E-state index in [0.717, 1.165) is 43.6 Å². The first-order valence-corrected chi connectivity index (χ1v) is 9.80. The fourth-order valence-corrected chi connectivity index (χ4v) is 3.51. The van der Waals surface area contributed by atoms with E-state index in [4.69, 9.17) is 0 Å². The topological polar surface area (TPSA) is 62.2 Å². The fraction of sp³-hybridized carbons (Fsp3) is 0.273. The lowest BCUT2D eigenvalue weighted by molar-refractivity contribution is 0.251. The molecule has 1 aliphatic rings. The van der Waals surface area contributed by atoms with Crippen molar-refractivity contribution in [2.24, 2.45) is 0 Å². The summed E-state index contributed by atoms with van der Waals surface area (Å²) in [7, 11) is 0. The van der Waals surface area contributed by atoms with Crippen LogP contribution in [0.1, 0.15) is 24.0 Å².